The third kappa shape index (κ3) is 3.11. The van der Waals surface area contributed by atoms with Gasteiger partial charge in [-0.3, -0.25) is 9.59 Å². The Kier molecular flexibility index (Phi) is 4.29. The quantitative estimate of drug-likeness (QED) is 0.841. The highest BCUT2D eigenvalue weighted by molar-refractivity contribution is 7.99. The maximum atomic E-state index is 11.9. The molecule has 0 atom stereocenters. The molecule has 0 saturated carbocycles. The Morgan fingerprint density at radius 1 is 1.35 bits per heavy atom. The second-order valence-corrected chi connectivity index (χ2v) is 5.38. The Bertz CT molecular complexity index is 651. The number of amides is 1. The van der Waals surface area contributed by atoms with Crippen LogP contribution in [0.15, 0.2) is 29.4 Å². The number of carbonyl (C=O) groups excluding carboxylic acids is 1. The van der Waals surface area contributed by atoms with Gasteiger partial charge in [0.05, 0.1) is 16.8 Å². The van der Waals surface area contributed by atoms with Crippen LogP contribution >= 0.6 is 11.8 Å². The van der Waals surface area contributed by atoms with Crippen molar-refractivity contribution in [1.82, 2.24) is 14.5 Å². The van der Waals surface area contributed by atoms with Crippen LogP contribution < -0.4 is 0 Å². The molecule has 1 heterocycles. The number of hydrogen-bond acceptors (Lipinski definition) is 4. The molecule has 1 N–H and O–H groups in total. The van der Waals surface area contributed by atoms with Crippen molar-refractivity contribution < 1.29 is 14.7 Å². The molecule has 0 bridgehead atoms. The van der Waals surface area contributed by atoms with Crippen molar-refractivity contribution >= 4 is 34.7 Å². The number of aromatic nitrogens is 2. The SMILES string of the molecule is CN(C)C(=O)Cn1c(SCC(=O)O)nc2ccccc21. The highest BCUT2D eigenvalue weighted by Crippen LogP contribution is 2.24. The number of carboxylic acids is 1. The van der Waals surface area contributed by atoms with Crippen LogP contribution in [-0.2, 0) is 16.1 Å². The van der Waals surface area contributed by atoms with Crippen LogP contribution in [0.2, 0.25) is 0 Å². The van der Waals surface area contributed by atoms with Gasteiger partial charge in [-0.2, -0.15) is 0 Å². The van der Waals surface area contributed by atoms with Gasteiger partial charge < -0.3 is 14.6 Å². The summed E-state index contributed by atoms with van der Waals surface area (Å²) in [6.45, 7) is 0.148. The fourth-order valence-corrected chi connectivity index (χ4v) is 2.45. The predicted molar refractivity (Wildman–Crippen MR) is 76.8 cm³/mol. The number of carboxylic acid groups (broad SMARTS) is 1. The molecule has 2 aromatic rings. The lowest BCUT2D eigenvalue weighted by Crippen LogP contribution is -2.26. The normalized spacial score (nSPS) is 10.7. The average Bonchev–Trinajstić information content (AvgIpc) is 2.74. The summed E-state index contributed by atoms with van der Waals surface area (Å²) in [5.41, 5.74) is 1.59. The van der Waals surface area contributed by atoms with E-state index in [1.54, 1.807) is 18.7 Å². The number of carbonyl (C=O) groups is 2. The van der Waals surface area contributed by atoms with E-state index in [1.807, 2.05) is 24.3 Å². The van der Waals surface area contributed by atoms with E-state index in [4.69, 9.17) is 5.11 Å². The van der Waals surface area contributed by atoms with Crippen LogP contribution in [0.3, 0.4) is 0 Å². The molecule has 0 unspecified atom stereocenters. The molecule has 0 fully saturated rings. The van der Waals surface area contributed by atoms with E-state index in [9.17, 15) is 9.59 Å². The van der Waals surface area contributed by atoms with E-state index < -0.39 is 5.97 Å². The molecule has 0 spiro atoms. The number of benzene rings is 1. The van der Waals surface area contributed by atoms with Crippen molar-refractivity contribution in [2.24, 2.45) is 0 Å². The van der Waals surface area contributed by atoms with Crippen molar-refractivity contribution in [3.8, 4) is 0 Å². The minimum absolute atomic E-state index is 0.0645. The number of thioether (sulfide) groups is 1. The number of likely N-dealkylation sites (N-methyl/N-ethyl adjacent to an activating group) is 1. The zero-order valence-electron chi connectivity index (χ0n) is 11.2. The van der Waals surface area contributed by atoms with Crippen LogP contribution in [0.5, 0.6) is 0 Å². The largest absolute Gasteiger partial charge is 0.481 e. The lowest BCUT2D eigenvalue weighted by Gasteiger charge is -2.12. The third-order valence-electron chi connectivity index (χ3n) is 2.74. The first-order valence-corrected chi connectivity index (χ1v) is 6.97. The van der Waals surface area contributed by atoms with Crippen molar-refractivity contribution in [2.75, 3.05) is 19.8 Å². The lowest BCUT2D eigenvalue weighted by molar-refractivity contribution is -0.134. The first-order valence-electron chi connectivity index (χ1n) is 5.99. The Balaban J connectivity index is 2.39. The minimum Gasteiger partial charge on any atom is -0.481 e. The zero-order valence-corrected chi connectivity index (χ0v) is 12.1. The van der Waals surface area contributed by atoms with Gasteiger partial charge in [-0.05, 0) is 12.1 Å². The predicted octanol–water partition coefficient (Wildman–Crippen LogP) is 1.30. The zero-order chi connectivity index (χ0) is 14.7. The molecule has 0 aliphatic heterocycles. The molecule has 6 nitrogen and oxygen atoms in total. The van der Waals surface area contributed by atoms with Gasteiger partial charge in [0.2, 0.25) is 5.91 Å². The highest BCUT2D eigenvalue weighted by atomic mass is 32.2. The summed E-state index contributed by atoms with van der Waals surface area (Å²) in [5, 5.41) is 9.32. The van der Waals surface area contributed by atoms with E-state index in [0.717, 1.165) is 22.8 Å². The first-order chi connectivity index (χ1) is 9.49. The van der Waals surface area contributed by atoms with Gasteiger partial charge in [-0.15, -0.1) is 0 Å². The van der Waals surface area contributed by atoms with Gasteiger partial charge in [0.15, 0.2) is 5.16 Å². The Morgan fingerprint density at radius 3 is 2.70 bits per heavy atom. The first kappa shape index (κ1) is 14.4. The highest BCUT2D eigenvalue weighted by Gasteiger charge is 2.15. The minimum atomic E-state index is -0.910. The Labute approximate surface area is 120 Å². The number of imidazole rings is 1. The summed E-state index contributed by atoms with van der Waals surface area (Å²) < 4.78 is 1.76. The molecule has 0 aliphatic carbocycles. The number of rotatable bonds is 5. The molecular weight excluding hydrogens is 278 g/mol. The summed E-state index contributed by atoms with van der Waals surface area (Å²) in [7, 11) is 3.37. The molecule has 1 amide bonds. The average molecular weight is 293 g/mol. The molecule has 7 heteroatoms. The van der Waals surface area contributed by atoms with Crippen LogP contribution in [0.25, 0.3) is 11.0 Å². The van der Waals surface area contributed by atoms with E-state index in [2.05, 4.69) is 4.98 Å². The summed E-state index contributed by atoms with van der Waals surface area (Å²) >= 11 is 1.12. The smallest absolute Gasteiger partial charge is 0.313 e. The van der Waals surface area contributed by atoms with Crippen molar-refractivity contribution in [1.29, 1.82) is 0 Å². The van der Waals surface area contributed by atoms with Gasteiger partial charge in [-0.25, -0.2) is 4.98 Å². The number of hydrogen-bond donors (Lipinski definition) is 1. The molecule has 0 radical (unpaired) electrons. The number of aliphatic carboxylic acids is 1. The molecular formula is C13H15N3O3S. The summed E-state index contributed by atoms with van der Waals surface area (Å²) in [4.78, 5) is 28.5. The van der Waals surface area contributed by atoms with Crippen LogP contribution in [0.4, 0.5) is 0 Å². The van der Waals surface area contributed by atoms with Crippen LogP contribution in [-0.4, -0.2) is 51.3 Å². The van der Waals surface area contributed by atoms with Gasteiger partial charge in [0.25, 0.3) is 0 Å². The topological polar surface area (TPSA) is 75.4 Å². The Morgan fingerprint density at radius 2 is 2.05 bits per heavy atom. The molecule has 1 aromatic heterocycles. The summed E-state index contributed by atoms with van der Waals surface area (Å²) in [6, 6.07) is 7.44. The van der Waals surface area contributed by atoms with E-state index in [1.165, 1.54) is 4.90 Å². The fraction of sp³-hybridized carbons (Fsp3) is 0.308. The second kappa shape index (κ2) is 5.96. The Hall–Kier alpha value is -2.02. The van der Waals surface area contributed by atoms with Crippen molar-refractivity contribution in [3.05, 3.63) is 24.3 Å². The molecule has 106 valence electrons. The van der Waals surface area contributed by atoms with Gasteiger partial charge in [-0.1, -0.05) is 23.9 Å². The van der Waals surface area contributed by atoms with Gasteiger partial charge in [0.1, 0.15) is 6.54 Å². The standard InChI is InChI=1S/C13H15N3O3S/c1-15(2)11(17)7-16-10-6-4-3-5-9(10)14-13(16)20-8-12(18)19/h3-6H,7-8H2,1-2H3,(H,18,19). The maximum absolute atomic E-state index is 11.9. The van der Waals surface area contributed by atoms with E-state index in [-0.39, 0.29) is 18.2 Å². The molecule has 0 saturated heterocycles. The van der Waals surface area contributed by atoms with Gasteiger partial charge in [0, 0.05) is 14.1 Å². The van der Waals surface area contributed by atoms with E-state index >= 15 is 0 Å². The molecule has 0 aliphatic rings. The van der Waals surface area contributed by atoms with Crippen molar-refractivity contribution in [2.45, 2.75) is 11.7 Å². The van der Waals surface area contributed by atoms with Gasteiger partial charge >= 0.3 is 5.97 Å². The molecule has 1 aromatic carbocycles. The summed E-state index contributed by atoms with van der Waals surface area (Å²) in [6.07, 6.45) is 0. The number of fused-ring (bicyclic) bond motifs is 1. The summed E-state index contributed by atoms with van der Waals surface area (Å²) in [5.74, 6) is -1.06. The van der Waals surface area contributed by atoms with Crippen molar-refractivity contribution in [3.63, 3.8) is 0 Å². The second-order valence-electron chi connectivity index (χ2n) is 4.44. The molecule has 2 rings (SSSR count). The monoisotopic (exact) mass is 293 g/mol. The third-order valence-corrected chi connectivity index (χ3v) is 3.70. The fourth-order valence-electron chi connectivity index (χ4n) is 1.72. The number of para-hydroxylation sites is 2. The lowest BCUT2D eigenvalue weighted by atomic mass is 10.3. The number of nitrogens with zero attached hydrogens (tertiary/aromatic N) is 3. The molecule has 20 heavy (non-hydrogen) atoms. The van der Waals surface area contributed by atoms with Crippen LogP contribution in [0.1, 0.15) is 0 Å². The van der Waals surface area contributed by atoms with E-state index in [0.29, 0.717) is 5.16 Å². The van der Waals surface area contributed by atoms with Crippen LogP contribution in [0, 0.1) is 0 Å². The maximum Gasteiger partial charge on any atom is 0.313 e.